The number of aromatic nitrogens is 1. The van der Waals surface area contributed by atoms with Gasteiger partial charge in [0.2, 0.25) is 6.79 Å². The van der Waals surface area contributed by atoms with Crippen LogP contribution in [0.15, 0.2) is 23.6 Å². The summed E-state index contributed by atoms with van der Waals surface area (Å²) in [5.41, 5.74) is 2.24. The number of ether oxygens (including phenoxy) is 2. The quantitative estimate of drug-likeness (QED) is 0.941. The van der Waals surface area contributed by atoms with Gasteiger partial charge in [-0.15, -0.1) is 11.3 Å². The van der Waals surface area contributed by atoms with Crippen molar-refractivity contribution in [2.75, 3.05) is 26.4 Å². The SMILES string of the molecule is C[C@H]1CN(Cc2csc(-c3ccc4c(c3)OCO4)n2)CCN1. The van der Waals surface area contributed by atoms with E-state index in [-0.39, 0.29) is 0 Å². The van der Waals surface area contributed by atoms with Crippen molar-refractivity contribution >= 4 is 11.3 Å². The fourth-order valence-electron chi connectivity index (χ4n) is 2.93. The van der Waals surface area contributed by atoms with Gasteiger partial charge in [-0.2, -0.15) is 0 Å². The molecule has 1 aromatic carbocycles. The average molecular weight is 317 g/mol. The second kappa shape index (κ2) is 5.87. The first-order valence-corrected chi connectivity index (χ1v) is 8.46. The minimum Gasteiger partial charge on any atom is -0.454 e. The number of nitrogens with zero attached hydrogens (tertiary/aromatic N) is 2. The van der Waals surface area contributed by atoms with Gasteiger partial charge in [0, 0.05) is 43.2 Å². The summed E-state index contributed by atoms with van der Waals surface area (Å²) in [5, 5.41) is 6.67. The second-order valence-corrected chi connectivity index (χ2v) is 6.66. The van der Waals surface area contributed by atoms with Crippen LogP contribution in [0.25, 0.3) is 10.6 Å². The first-order valence-electron chi connectivity index (χ1n) is 7.58. The Labute approximate surface area is 133 Å². The molecule has 0 spiro atoms. The third kappa shape index (κ3) is 2.82. The Balaban J connectivity index is 1.49. The summed E-state index contributed by atoms with van der Waals surface area (Å²) in [6.07, 6.45) is 0. The molecule has 0 radical (unpaired) electrons. The number of hydrogen-bond acceptors (Lipinski definition) is 6. The third-order valence-corrected chi connectivity index (χ3v) is 4.95. The van der Waals surface area contributed by atoms with E-state index in [1.54, 1.807) is 11.3 Å². The van der Waals surface area contributed by atoms with E-state index < -0.39 is 0 Å². The van der Waals surface area contributed by atoms with Crippen LogP contribution in [0.4, 0.5) is 0 Å². The zero-order chi connectivity index (χ0) is 14.9. The second-order valence-electron chi connectivity index (χ2n) is 5.80. The number of nitrogens with one attached hydrogen (secondary N) is 1. The summed E-state index contributed by atoms with van der Waals surface area (Å²) in [6.45, 7) is 6.68. The van der Waals surface area contributed by atoms with Crippen molar-refractivity contribution in [3.05, 3.63) is 29.3 Å². The monoisotopic (exact) mass is 317 g/mol. The van der Waals surface area contributed by atoms with Crippen molar-refractivity contribution in [2.45, 2.75) is 19.5 Å². The topological polar surface area (TPSA) is 46.6 Å². The maximum atomic E-state index is 5.44. The van der Waals surface area contributed by atoms with Gasteiger partial charge in [-0.3, -0.25) is 4.90 Å². The molecular formula is C16H19N3O2S. The fraction of sp³-hybridized carbons (Fsp3) is 0.438. The minimum atomic E-state index is 0.309. The maximum absolute atomic E-state index is 5.44. The Morgan fingerprint density at radius 1 is 1.36 bits per heavy atom. The molecule has 5 nitrogen and oxygen atoms in total. The van der Waals surface area contributed by atoms with Gasteiger partial charge in [0.05, 0.1) is 5.69 Å². The van der Waals surface area contributed by atoms with Gasteiger partial charge >= 0.3 is 0 Å². The highest BCUT2D eigenvalue weighted by molar-refractivity contribution is 7.13. The lowest BCUT2D eigenvalue weighted by atomic mass is 10.2. The smallest absolute Gasteiger partial charge is 0.231 e. The summed E-state index contributed by atoms with van der Waals surface area (Å²) in [7, 11) is 0. The summed E-state index contributed by atoms with van der Waals surface area (Å²) in [5.74, 6) is 1.63. The van der Waals surface area contributed by atoms with Crippen LogP contribution in [0.5, 0.6) is 11.5 Å². The normalized spacial score (nSPS) is 21.2. The van der Waals surface area contributed by atoms with Gasteiger partial charge in [0.1, 0.15) is 5.01 Å². The number of hydrogen-bond donors (Lipinski definition) is 1. The van der Waals surface area contributed by atoms with Gasteiger partial charge in [-0.05, 0) is 25.1 Å². The highest BCUT2D eigenvalue weighted by Crippen LogP contribution is 2.36. The summed E-state index contributed by atoms with van der Waals surface area (Å²) >= 11 is 1.69. The van der Waals surface area contributed by atoms with E-state index in [2.05, 4.69) is 22.5 Å². The first kappa shape index (κ1) is 14.0. The van der Waals surface area contributed by atoms with E-state index in [9.17, 15) is 0 Å². The van der Waals surface area contributed by atoms with E-state index in [0.29, 0.717) is 12.8 Å². The molecule has 22 heavy (non-hydrogen) atoms. The fourth-order valence-corrected chi connectivity index (χ4v) is 3.73. The molecule has 2 aliphatic heterocycles. The number of rotatable bonds is 3. The molecule has 1 aromatic heterocycles. The molecular weight excluding hydrogens is 298 g/mol. The van der Waals surface area contributed by atoms with E-state index in [1.165, 1.54) is 0 Å². The minimum absolute atomic E-state index is 0.309. The lowest BCUT2D eigenvalue weighted by molar-refractivity contribution is 0.174. The molecule has 0 unspecified atom stereocenters. The van der Waals surface area contributed by atoms with Crippen LogP contribution in [-0.2, 0) is 6.54 Å². The average Bonchev–Trinajstić information content (AvgIpc) is 3.15. The Hall–Kier alpha value is -1.63. The molecule has 0 bridgehead atoms. The summed E-state index contributed by atoms with van der Waals surface area (Å²) in [6, 6.07) is 6.57. The van der Waals surface area contributed by atoms with Crippen LogP contribution in [0, 0.1) is 0 Å². The molecule has 6 heteroatoms. The molecule has 2 aromatic rings. The van der Waals surface area contributed by atoms with E-state index in [1.807, 2.05) is 18.2 Å². The predicted octanol–water partition coefficient (Wildman–Crippen LogP) is 2.33. The van der Waals surface area contributed by atoms with Gasteiger partial charge in [-0.25, -0.2) is 4.98 Å². The van der Waals surface area contributed by atoms with E-state index >= 15 is 0 Å². The molecule has 3 heterocycles. The van der Waals surface area contributed by atoms with Crippen LogP contribution < -0.4 is 14.8 Å². The molecule has 1 fully saturated rings. The van der Waals surface area contributed by atoms with Gasteiger partial charge in [0.25, 0.3) is 0 Å². The molecule has 2 aliphatic rings. The number of piperazine rings is 1. The van der Waals surface area contributed by atoms with Crippen LogP contribution in [0.2, 0.25) is 0 Å². The van der Waals surface area contributed by atoms with Crippen molar-refractivity contribution in [1.82, 2.24) is 15.2 Å². The summed E-state index contributed by atoms with van der Waals surface area (Å²) < 4.78 is 10.8. The lowest BCUT2D eigenvalue weighted by Gasteiger charge is -2.31. The highest BCUT2D eigenvalue weighted by atomic mass is 32.1. The van der Waals surface area contributed by atoms with Gasteiger partial charge in [0.15, 0.2) is 11.5 Å². The van der Waals surface area contributed by atoms with Crippen LogP contribution in [0.1, 0.15) is 12.6 Å². The number of benzene rings is 1. The van der Waals surface area contributed by atoms with Crippen LogP contribution in [0.3, 0.4) is 0 Å². The Morgan fingerprint density at radius 3 is 3.18 bits per heavy atom. The zero-order valence-corrected chi connectivity index (χ0v) is 13.4. The molecule has 116 valence electrons. The molecule has 0 saturated carbocycles. The number of fused-ring (bicyclic) bond motifs is 1. The Kier molecular flexibility index (Phi) is 3.73. The van der Waals surface area contributed by atoms with E-state index in [0.717, 1.165) is 53.9 Å². The lowest BCUT2D eigenvalue weighted by Crippen LogP contribution is -2.48. The largest absolute Gasteiger partial charge is 0.454 e. The molecule has 4 rings (SSSR count). The molecule has 0 amide bonds. The predicted molar refractivity (Wildman–Crippen MR) is 86.4 cm³/mol. The maximum Gasteiger partial charge on any atom is 0.231 e. The third-order valence-electron chi connectivity index (χ3n) is 4.01. The summed E-state index contributed by atoms with van der Waals surface area (Å²) in [4.78, 5) is 7.24. The zero-order valence-electron chi connectivity index (χ0n) is 12.5. The van der Waals surface area contributed by atoms with Crippen molar-refractivity contribution in [1.29, 1.82) is 0 Å². The molecule has 0 aliphatic carbocycles. The van der Waals surface area contributed by atoms with Gasteiger partial charge < -0.3 is 14.8 Å². The molecule has 1 N–H and O–H groups in total. The van der Waals surface area contributed by atoms with Crippen molar-refractivity contribution in [3.8, 4) is 22.1 Å². The molecule has 1 saturated heterocycles. The Bertz CT molecular complexity index is 673. The van der Waals surface area contributed by atoms with Crippen LogP contribution >= 0.6 is 11.3 Å². The van der Waals surface area contributed by atoms with Crippen LogP contribution in [-0.4, -0.2) is 42.4 Å². The standard InChI is InChI=1S/C16H19N3O2S/c1-11-7-19(5-4-17-11)8-13-9-22-16(18-13)12-2-3-14-15(6-12)21-10-20-14/h2-3,6,9,11,17H,4-5,7-8,10H2,1H3/t11-/m0/s1. The first-order chi connectivity index (χ1) is 10.8. The van der Waals surface area contributed by atoms with Crippen molar-refractivity contribution in [3.63, 3.8) is 0 Å². The highest BCUT2D eigenvalue weighted by Gasteiger charge is 2.18. The van der Waals surface area contributed by atoms with Crippen molar-refractivity contribution in [2.24, 2.45) is 0 Å². The van der Waals surface area contributed by atoms with Crippen molar-refractivity contribution < 1.29 is 9.47 Å². The molecule has 1 atom stereocenters. The van der Waals surface area contributed by atoms with E-state index in [4.69, 9.17) is 14.5 Å². The van der Waals surface area contributed by atoms with Gasteiger partial charge in [-0.1, -0.05) is 0 Å². The Morgan fingerprint density at radius 2 is 2.27 bits per heavy atom. The number of thiazole rings is 1.